The molecule has 0 aliphatic carbocycles. The van der Waals surface area contributed by atoms with Crippen molar-refractivity contribution in [3.05, 3.63) is 58.6 Å². The van der Waals surface area contributed by atoms with Crippen LogP contribution in [0.5, 0.6) is 0 Å². The second-order valence-electron chi connectivity index (χ2n) is 5.30. The van der Waals surface area contributed by atoms with Gasteiger partial charge in [0.25, 0.3) is 5.91 Å². The summed E-state index contributed by atoms with van der Waals surface area (Å²) in [6.07, 6.45) is 3.07. The molecular weight excluding hydrogens is 310 g/mol. The van der Waals surface area contributed by atoms with Gasteiger partial charge in [-0.05, 0) is 42.7 Å². The highest BCUT2D eigenvalue weighted by Gasteiger charge is 2.21. The van der Waals surface area contributed by atoms with Crippen LogP contribution in [-0.2, 0) is 17.8 Å². The van der Waals surface area contributed by atoms with Gasteiger partial charge < -0.3 is 10.2 Å². The van der Waals surface area contributed by atoms with Gasteiger partial charge in [-0.1, -0.05) is 6.58 Å². The van der Waals surface area contributed by atoms with Crippen LogP contribution in [0, 0.1) is 0 Å². The van der Waals surface area contributed by atoms with Crippen LogP contribution < -0.4 is 10.2 Å². The number of rotatable bonds is 4. The van der Waals surface area contributed by atoms with Crippen molar-refractivity contribution in [2.24, 2.45) is 0 Å². The zero-order valence-electron chi connectivity index (χ0n) is 12.6. The van der Waals surface area contributed by atoms with Crippen molar-refractivity contribution in [3.63, 3.8) is 0 Å². The van der Waals surface area contributed by atoms with Gasteiger partial charge in [0.1, 0.15) is 0 Å². The summed E-state index contributed by atoms with van der Waals surface area (Å²) in [6, 6.07) is 5.46. The minimum absolute atomic E-state index is 0.105. The lowest BCUT2D eigenvalue weighted by Crippen LogP contribution is -2.34. The molecule has 0 bridgehead atoms. The second-order valence-corrected chi connectivity index (χ2v) is 6.02. The van der Waals surface area contributed by atoms with Crippen molar-refractivity contribution < 1.29 is 9.59 Å². The fraction of sp³-hybridized carbons (Fsp3) is 0.235. The maximum Gasteiger partial charge on any atom is 0.251 e. The van der Waals surface area contributed by atoms with E-state index in [1.54, 1.807) is 16.5 Å². The van der Waals surface area contributed by atoms with E-state index >= 15 is 0 Å². The molecule has 5 nitrogen and oxygen atoms in total. The van der Waals surface area contributed by atoms with Crippen molar-refractivity contribution in [1.82, 2.24) is 10.3 Å². The van der Waals surface area contributed by atoms with E-state index in [4.69, 9.17) is 0 Å². The highest BCUT2D eigenvalue weighted by atomic mass is 32.1. The van der Waals surface area contributed by atoms with E-state index in [0.29, 0.717) is 18.7 Å². The van der Waals surface area contributed by atoms with Crippen molar-refractivity contribution in [2.45, 2.75) is 19.4 Å². The lowest BCUT2D eigenvalue weighted by molar-refractivity contribution is -0.114. The molecule has 3 rings (SSSR count). The van der Waals surface area contributed by atoms with Crippen LogP contribution >= 0.6 is 11.3 Å². The molecule has 0 saturated carbocycles. The Hall–Kier alpha value is -2.47. The molecule has 2 amide bonds. The lowest BCUT2D eigenvalue weighted by Gasteiger charge is -2.28. The highest BCUT2D eigenvalue weighted by molar-refractivity contribution is 7.07. The van der Waals surface area contributed by atoms with Crippen LogP contribution in [0.4, 0.5) is 5.69 Å². The molecule has 0 radical (unpaired) electrons. The quantitative estimate of drug-likeness (QED) is 0.878. The zero-order valence-corrected chi connectivity index (χ0v) is 13.4. The van der Waals surface area contributed by atoms with Crippen molar-refractivity contribution >= 4 is 28.8 Å². The van der Waals surface area contributed by atoms with Crippen LogP contribution in [0.2, 0.25) is 0 Å². The van der Waals surface area contributed by atoms with Gasteiger partial charge in [0.15, 0.2) is 0 Å². The topological polar surface area (TPSA) is 62.3 Å². The van der Waals surface area contributed by atoms with Crippen LogP contribution in [-0.4, -0.2) is 23.3 Å². The Morgan fingerprint density at radius 3 is 3.04 bits per heavy atom. The Bertz CT molecular complexity index is 740. The Balaban J connectivity index is 1.76. The fourth-order valence-electron chi connectivity index (χ4n) is 2.68. The number of benzene rings is 1. The minimum atomic E-state index is -0.132. The summed E-state index contributed by atoms with van der Waals surface area (Å²) in [6.45, 7) is 4.65. The number of fused-ring (bicyclic) bond motifs is 1. The third-order valence-electron chi connectivity index (χ3n) is 3.81. The van der Waals surface area contributed by atoms with E-state index in [9.17, 15) is 9.59 Å². The van der Waals surface area contributed by atoms with Crippen molar-refractivity contribution in [1.29, 1.82) is 0 Å². The maximum atomic E-state index is 12.3. The number of hydrogen-bond acceptors (Lipinski definition) is 4. The van der Waals surface area contributed by atoms with Gasteiger partial charge >= 0.3 is 0 Å². The number of carbonyl (C=O) groups excluding carboxylic acids is 2. The second kappa shape index (κ2) is 6.75. The van der Waals surface area contributed by atoms with E-state index in [0.717, 1.165) is 29.8 Å². The smallest absolute Gasteiger partial charge is 0.251 e. The number of anilines is 1. The van der Waals surface area contributed by atoms with Gasteiger partial charge in [-0.15, -0.1) is 11.3 Å². The number of aryl methyl sites for hydroxylation is 1. The third-order valence-corrected chi connectivity index (χ3v) is 4.45. The van der Waals surface area contributed by atoms with Gasteiger partial charge in [0.05, 0.1) is 17.7 Å². The molecule has 1 aromatic carbocycles. The number of nitrogens with one attached hydrogen (secondary N) is 1. The van der Waals surface area contributed by atoms with Crippen molar-refractivity contribution in [2.75, 3.05) is 11.4 Å². The fourth-order valence-corrected chi connectivity index (χ4v) is 3.23. The number of nitrogens with zero attached hydrogens (tertiary/aromatic N) is 2. The monoisotopic (exact) mass is 327 g/mol. The highest BCUT2D eigenvalue weighted by Crippen LogP contribution is 2.28. The van der Waals surface area contributed by atoms with Crippen LogP contribution in [0.15, 0.2) is 41.7 Å². The first-order valence-corrected chi connectivity index (χ1v) is 8.35. The van der Waals surface area contributed by atoms with Crippen LogP contribution in [0.25, 0.3) is 0 Å². The lowest BCUT2D eigenvalue weighted by atomic mass is 9.98. The summed E-state index contributed by atoms with van der Waals surface area (Å²) < 4.78 is 0. The molecule has 0 fully saturated rings. The number of carbonyl (C=O) groups is 2. The molecule has 1 aliphatic heterocycles. The predicted molar refractivity (Wildman–Crippen MR) is 90.6 cm³/mol. The average molecular weight is 327 g/mol. The van der Waals surface area contributed by atoms with Gasteiger partial charge in [0, 0.05) is 23.2 Å². The maximum absolute atomic E-state index is 12.3. The molecule has 2 heterocycles. The number of thiazole rings is 1. The summed E-state index contributed by atoms with van der Waals surface area (Å²) in [5.41, 5.74) is 5.09. The largest absolute Gasteiger partial charge is 0.346 e. The summed E-state index contributed by atoms with van der Waals surface area (Å²) >= 11 is 1.50. The molecule has 0 spiro atoms. The van der Waals surface area contributed by atoms with Gasteiger partial charge in [-0.2, -0.15) is 0 Å². The summed E-state index contributed by atoms with van der Waals surface area (Å²) in [4.78, 5) is 30.0. The van der Waals surface area contributed by atoms with Gasteiger partial charge in [0.2, 0.25) is 5.91 Å². The first kappa shape index (κ1) is 15.4. The zero-order chi connectivity index (χ0) is 16.2. The Morgan fingerprint density at radius 1 is 1.43 bits per heavy atom. The van der Waals surface area contributed by atoms with E-state index in [1.165, 1.54) is 17.4 Å². The standard InChI is InChI=1S/C17H17N3O2S/c1-2-16(21)20-7-3-4-12-8-13(5-6-15(12)20)17(22)18-9-14-10-23-11-19-14/h2,5-6,8,10-11H,1,3-4,7,9H2,(H,18,22). The molecule has 23 heavy (non-hydrogen) atoms. The van der Waals surface area contributed by atoms with E-state index in [1.807, 2.05) is 17.5 Å². The van der Waals surface area contributed by atoms with Gasteiger partial charge in [-0.3, -0.25) is 9.59 Å². The van der Waals surface area contributed by atoms with E-state index in [2.05, 4.69) is 16.9 Å². The van der Waals surface area contributed by atoms with Gasteiger partial charge in [-0.25, -0.2) is 4.98 Å². The summed E-state index contributed by atoms with van der Waals surface area (Å²) in [5, 5.41) is 4.77. The van der Waals surface area contributed by atoms with Crippen LogP contribution in [0.3, 0.4) is 0 Å². The minimum Gasteiger partial charge on any atom is -0.346 e. The molecule has 6 heteroatoms. The molecule has 0 atom stereocenters. The molecular formula is C17H17N3O2S. The molecule has 1 N–H and O–H groups in total. The predicted octanol–water partition coefficient (Wildman–Crippen LogP) is 2.54. The molecule has 0 unspecified atom stereocenters. The number of amides is 2. The summed E-state index contributed by atoms with van der Waals surface area (Å²) in [7, 11) is 0. The van der Waals surface area contributed by atoms with Crippen LogP contribution in [0.1, 0.15) is 28.0 Å². The molecule has 2 aromatic rings. The molecule has 1 aliphatic rings. The third kappa shape index (κ3) is 3.32. The SMILES string of the molecule is C=CC(=O)N1CCCc2cc(C(=O)NCc3cscn3)ccc21. The Labute approximate surface area is 138 Å². The Morgan fingerprint density at radius 2 is 2.30 bits per heavy atom. The first-order valence-electron chi connectivity index (χ1n) is 7.41. The molecule has 1 aromatic heterocycles. The molecule has 118 valence electrons. The van der Waals surface area contributed by atoms with E-state index in [-0.39, 0.29) is 11.8 Å². The number of hydrogen-bond donors (Lipinski definition) is 1. The average Bonchev–Trinajstić information content (AvgIpc) is 3.11. The van der Waals surface area contributed by atoms with E-state index < -0.39 is 0 Å². The normalized spacial score (nSPS) is 13.3. The number of aromatic nitrogens is 1. The Kier molecular flexibility index (Phi) is 4.52. The van der Waals surface area contributed by atoms with Crippen molar-refractivity contribution in [3.8, 4) is 0 Å². The molecule has 0 saturated heterocycles. The first-order chi connectivity index (χ1) is 11.2. The summed E-state index contributed by atoms with van der Waals surface area (Å²) in [5.74, 6) is -0.236.